The third-order valence-corrected chi connectivity index (χ3v) is 7.53. The zero-order valence-electron chi connectivity index (χ0n) is 22.2. The lowest BCUT2D eigenvalue weighted by Gasteiger charge is -2.29. The number of benzene rings is 3. The second-order valence-corrected chi connectivity index (χ2v) is 10.2. The molecule has 4 rings (SSSR count). The van der Waals surface area contributed by atoms with Crippen LogP contribution in [0.5, 0.6) is 0 Å². The fourth-order valence-corrected chi connectivity index (χ4v) is 5.21. The van der Waals surface area contributed by atoms with E-state index in [0.29, 0.717) is 42.1 Å². The molecule has 38 heavy (non-hydrogen) atoms. The minimum Gasteiger partial charge on any atom is -0.373 e. The lowest BCUT2D eigenvalue weighted by Crippen LogP contribution is -2.21. The topological polar surface area (TPSA) is 9.23 Å². The molecule has 0 aromatic heterocycles. The van der Waals surface area contributed by atoms with Crippen LogP contribution in [-0.4, -0.2) is 6.61 Å². The Morgan fingerprint density at radius 2 is 1.45 bits per heavy atom. The number of ether oxygens (including phenoxy) is 1. The van der Waals surface area contributed by atoms with Gasteiger partial charge in [0.2, 0.25) is 0 Å². The zero-order chi connectivity index (χ0) is 27.1. The molecule has 1 aliphatic heterocycles. The van der Waals surface area contributed by atoms with E-state index in [4.69, 9.17) is 4.74 Å². The maximum absolute atomic E-state index is 15.1. The van der Waals surface area contributed by atoms with Crippen LogP contribution in [0.3, 0.4) is 0 Å². The van der Waals surface area contributed by atoms with Crippen LogP contribution in [0.25, 0.3) is 22.3 Å². The summed E-state index contributed by atoms with van der Waals surface area (Å²) < 4.78 is 65.6. The van der Waals surface area contributed by atoms with E-state index in [1.807, 2.05) is 13.0 Å². The lowest BCUT2D eigenvalue weighted by molar-refractivity contribution is -0.0210. The summed E-state index contributed by atoms with van der Waals surface area (Å²) in [5.74, 6) is -3.09. The van der Waals surface area contributed by atoms with Gasteiger partial charge in [0, 0.05) is 16.7 Å². The number of allylic oxidation sites excluding steroid dienone is 2. The lowest BCUT2D eigenvalue weighted by atomic mass is 9.90. The highest BCUT2D eigenvalue weighted by Gasteiger charge is 2.27. The molecule has 0 aliphatic carbocycles. The number of hydrogen-bond acceptors (Lipinski definition) is 1. The Labute approximate surface area is 223 Å². The van der Waals surface area contributed by atoms with Crippen LogP contribution in [0.15, 0.2) is 60.7 Å². The minimum absolute atomic E-state index is 0.121. The summed E-state index contributed by atoms with van der Waals surface area (Å²) in [5.41, 5.74) is 1.82. The number of aryl methyl sites for hydroxylation is 1. The van der Waals surface area contributed by atoms with Crippen LogP contribution in [0.2, 0.25) is 0 Å². The molecule has 3 aromatic carbocycles. The molecule has 0 amide bonds. The Hall–Kier alpha value is -2.92. The summed E-state index contributed by atoms with van der Waals surface area (Å²) in [6.45, 7) is 4.60. The van der Waals surface area contributed by atoms with Gasteiger partial charge in [-0.15, -0.1) is 0 Å². The van der Waals surface area contributed by atoms with Crippen molar-refractivity contribution in [1.82, 2.24) is 0 Å². The van der Waals surface area contributed by atoms with Gasteiger partial charge in [0.25, 0.3) is 0 Å². The second kappa shape index (κ2) is 13.2. The molecule has 0 spiro atoms. The first kappa shape index (κ1) is 28.1. The molecule has 1 nitrogen and oxygen atoms in total. The highest BCUT2D eigenvalue weighted by Crippen LogP contribution is 2.37. The van der Waals surface area contributed by atoms with Crippen LogP contribution in [0.1, 0.15) is 76.0 Å². The molecule has 0 saturated carbocycles. The monoisotopic (exact) mass is 524 g/mol. The summed E-state index contributed by atoms with van der Waals surface area (Å²) in [6, 6.07) is 12.8. The summed E-state index contributed by atoms with van der Waals surface area (Å²) >= 11 is 0. The van der Waals surface area contributed by atoms with E-state index in [1.165, 1.54) is 0 Å². The molecule has 2 unspecified atom stereocenters. The van der Waals surface area contributed by atoms with Crippen LogP contribution in [-0.2, 0) is 11.2 Å². The predicted molar refractivity (Wildman–Crippen MR) is 146 cm³/mol. The summed E-state index contributed by atoms with van der Waals surface area (Å²) in [6.07, 6.45) is 10.6. The van der Waals surface area contributed by atoms with Crippen molar-refractivity contribution in [3.05, 3.63) is 95.1 Å². The molecule has 0 radical (unpaired) electrons. The van der Waals surface area contributed by atoms with Gasteiger partial charge in [-0.1, -0.05) is 80.4 Å². The summed E-state index contributed by atoms with van der Waals surface area (Å²) in [7, 11) is 0. The molecule has 1 aliphatic rings. The molecule has 1 saturated heterocycles. The fourth-order valence-electron chi connectivity index (χ4n) is 5.21. The van der Waals surface area contributed by atoms with Crippen molar-refractivity contribution in [2.45, 2.75) is 71.3 Å². The van der Waals surface area contributed by atoms with E-state index in [0.717, 1.165) is 38.5 Å². The van der Waals surface area contributed by atoms with Crippen molar-refractivity contribution in [3.8, 4) is 22.3 Å². The Balaban J connectivity index is 1.48. The highest BCUT2D eigenvalue weighted by molar-refractivity contribution is 5.71. The minimum atomic E-state index is -0.928. The first-order valence-electron chi connectivity index (χ1n) is 13.7. The number of rotatable bonds is 10. The smallest absolute Gasteiger partial charge is 0.167 e. The molecule has 0 bridgehead atoms. The SMILES string of the molecule is C/C=C/CCC1CCC(c2ccc(-c3ccc(-c4ccc(CCCCC)c(F)c4F)cc3)c(F)c2F)OC1. The Morgan fingerprint density at radius 1 is 0.789 bits per heavy atom. The van der Waals surface area contributed by atoms with E-state index in [2.05, 4.69) is 13.0 Å². The van der Waals surface area contributed by atoms with Crippen LogP contribution in [0.4, 0.5) is 17.6 Å². The van der Waals surface area contributed by atoms with E-state index in [1.54, 1.807) is 48.5 Å². The molecule has 1 fully saturated rings. The Bertz CT molecular complexity index is 1240. The third kappa shape index (κ3) is 6.37. The van der Waals surface area contributed by atoms with Crippen molar-refractivity contribution < 1.29 is 22.3 Å². The van der Waals surface area contributed by atoms with E-state index >= 15 is 8.78 Å². The first-order valence-corrected chi connectivity index (χ1v) is 13.7. The Kier molecular flexibility index (Phi) is 9.79. The molecule has 3 aromatic rings. The molecule has 202 valence electrons. The molecular formula is C33H36F4O. The van der Waals surface area contributed by atoms with E-state index in [9.17, 15) is 8.78 Å². The molecule has 2 atom stereocenters. The molecular weight excluding hydrogens is 488 g/mol. The standard InChI is InChI=1S/C33H36F4O/c1-3-5-7-9-22-11-20-29(38-21-22)28-19-18-27(32(36)33(28)37)24-14-12-23(13-15-24)26-17-16-25(10-8-6-4-2)30(34)31(26)35/h3,5,12-19,22,29H,4,6-11,20-21H2,1-2H3/b5-3+. The predicted octanol–water partition coefficient (Wildman–Crippen LogP) is 10.1. The van der Waals surface area contributed by atoms with Gasteiger partial charge in [-0.25, -0.2) is 17.6 Å². The quantitative estimate of drug-likeness (QED) is 0.146. The molecule has 5 heteroatoms. The van der Waals surface area contributed by atoms with Crippen molar-refractivity contribution in [2.75, 3.05) is 6.61 Å². The van der Waals surface area contributed by atoms with Crippen molar-refractivity contribution in [3.63, 3.8) is 0 Å². The maximum Gasteiger partial charge on any atom is 0.167 e. The van der Waals surface area contributed by atoms with E-state index < -0.39 is 29.4 Å². The number of unbranched alkanes of at least 4 members (excludes halogenated alkanes) is 2. The van der Waals surface area contributed by atoms with Gasteiger partial charge in [-0.05, 0) is 68.1 Å². The van der Waals surface area contributed by atoms with Gasteiger partial charge in [-0.2, -0.15) is 0 Å². The maximum atomic E-state index is 15.1. The first-order chi connectivity index (χ1) is 18.4. The van der Waals surface area contributed by atoms with Crippen LogP contribution in [0, 0.1) is 29.2 Å². The van der Waals surface area contributed by atoms with Crippen molar-refractivity contribution in [1.29, 1.82) is 0 Å². The van der Waals surface area contributed by atoms with Gasteiger partial charge in [-0.3, -0.25) is 0 Å². The number of halogens is 4. The number of hydrogen-bond donors (Lipinski definition) is 0. The fraction of sp³-hybridized carbons (Fsp3) is 0.394. The van der Waals surface area contributed by atoms with E-state index in [-0.39, 0.29) is 16.7 Å². The van der Waals surface area contributed by atoms with Crippen molar-refractivity contribution >= 4 is 0 Å². The van der Waals surface area contributed by atoms with Gasteiger partial charge >= 0.3 is 0 Å². The molecule has 1 heterocycles. The largest absolute Gasteiger partial charge is 0.373 e. The van der Waals surface area contributed by atoms with Crippen molar-refractivity contribution in [2.24, 2.45) is 5.92 Å². The van der Waals surface area contributed by atoms with Crippen LogP contribution < -0.4 is 0 Å². The average molecular weight is 525 g/mol. The summed E-state index contributed by atoms with van der Waals surface area (Å²) in [4.78, 5) is 0. The second-order valence-electron chi connectivity index (χ2n) is 10.2. The van der Waals surface area contributed by atoms with Gasteiger partial charge < -0.3 is 4.74 Å². The normalized spacial score (nSPS) is 17.8. The highest BCUT2D eigenvalue weighted by atomic mass is 19.2. The zero-order valence-corrected chi connectivity index (χ0v) is 22.2. The third-order valence-electron chi connectivity index (χ3n) is 7.53. The van der Waals surface area contributed by atoms with Gasteiger partial charge in [0.1, 0.15) is 0 Å². The van der Waals surface area contributed by atoms with Gasteiger partial charge in [0.15, 0.2) is 23.3 Å². The van der Waals surface area contributed by atoms with Gasteiger partial charge in [0.05, 0.1) is 12.7 Å². The van der Waals surface area contributed by atoms with Crippen LogP contribution >= 0.6 is 0 Å². The summed E-state index contributed by atoms with van der Waals surface area (Å²) in [5, 5.41) is 0. The Morgan fingerprint density at radius 3 is 2.05 bits per heavy atom. The molecule has 0 N–H and O–H groups in total. The average Bonchev–Trinajstić information content (AvgIpc) is 2.94.